The highest BCUT2D eigenvalue weighted by Crippen LogP contribution is 2.24. The van der Waals surface area contributed by atoms with E-state index < -0.39 is 0 Å². The van der Waals surface area contributed by atoms with E-state index in [0.717, 1.165) is 52.0 Å². The fourth-order valence-electron chi connectivity index (χ4n) is 4.32. The number of likely N-dealkylation sites (tertiary alicyclic amines) is 2. The number of carbonyl (C=O) groups excluding carboxylic acids is 1. The van der Waals surface area contributed by atoms with Gasteiger partial charge in [-0.15, -0.1) is 0 Å². The largest absolute Gasteiger partial charge is 0.395 e. The Bertz CT molecular complexity index is 543. The Balaban J connectivity index is 1.40. The van der Waals surface area contributed by atoms with Crippen molar-refractivity contribution in [2.45, 2.75) is 38.1 Å². The molecule has 0 bridgehead atoms. The highest BCUT2D eigenvalue weighted by molar-refractivity contribution is 5.78. The third kappa shape index (κ3) is 5.53. The molecule has 5 heteroatoms. The Labute approximate surface area is 157 Å². The molecular formula is C21H33N3O2. The topological polar surface area (TPSA) is 55.8 Å². The van der Waals surface area contributed by atoms with E-state index in [1.54, 1.807) is 0 Å². The molecule has 1 aromatic rings. The number of piperidine rings is 2. The molecule has 1 atom stereocenters. The van der Waals surface area contributed by atoms with Gasteiger partial charge in [0.2, 0.25) is 5.91 Å². The fourth-order valence-corrected chi connectivity index (χ4v) is 4.32. The van der Waals surface area contributed by atoms with Gasteiger partial charge in [0.1, 0.15) is 0 Å². The summed E-state index contributed by atoms with van der Waals surface area (Å²) in [5, 5.41) is 11.7. The first-order chi connectivity index (χ1) is 12.8. The Kier molecular flexibility index (Phi) is 7.47. The fraction of sp³-hybridized carbons (Fsp3) is 0.667. The summed E-state index contributed by atoms with van der Waals surface area (Å²) < 4.78 is 0. The third-order valence-corrected chi connectivity index (χ3v) is 5.87. The molecule has 2 N–H and O–H groups in total. The average molecular weight is 360 g/mol. The number of hydrogen-bond donors (Lipinski definition) is 2. The summed E-state index contributed by atoms with van der Waals surface area (Å²) in [6, 6.07) is 11.3. The summed E-state index contributed by atoms with van der Waals surface area (Å²) in [6.45, 7) is 5.86. The molecule has 0 saturated carbocycles. The second-order valence-corrected chi connectivity index (χ2v) is 7.66. The Morgan fingerprint density at radius 3 is 2.62 bits per heavy atom. The summed E-state index contributed by atoms with van der Waals surface area (Å²) in [6.07, 6.45) is 5.62. The van der Waals surface area contributed by atoms with Crippen molar-refractivity contribution >= 4 is 5.91 Å². The average Bonchev–Trinajstić information content (AvgIpc) is 2.71. The van der Waals surface area contributed by atoms with Crippen LogP contribution in [-0.2, 0) is 11.2 Å². The van der Waals surface area contributed by atoms with Gasteiger partial charge in [0, 0.05) is 25.7 Å². The van der Waals surface area contributed by atoms with Crippen molar-refractivity contribution in [1.29, 1.82) is 0 Å². The minimum Gasteiger partial charge on any atom is -0.395 e. The Hall–Kier alpha value is -1.43. The highest BCUT2D eigenvalue weighted by atomic mass is 16.3. The zero-order valence-electron chi connectivity index (χ0n) is 15.8. The molecule has 0 aromatic heterocycles. The summed E-state index contributed by atoms with van der Waals surface area (Å²) >= 11 is 0. The SMILES string of the molecule is O=C(NCCO)[C@@H]1CCCN(C2CCN(CCc3ccccc3)CC2)C1. The number of aliphatic hydroxyl groups is 1. The van der Waals surface area contributed by atoms with Crippen LogP contribution in [0.2, 0.25) is 0 Å². The van der Waals surface area contributed by atoms with Crippen LogP contribution < -0.4 is 5.32 Å². The van der Waals surface area contributed by atoms with Crippen molar-refractivity contribution in [3.8, 4) is 0 Å². The van der Waals surface area contributed by atoms with Crippen LogP contribution in [0.3, 0.4) is 0 Å². The van der Waals surface area contributed by atoms with E-state index in [4.69, 9.17) is 5.11 Å². The van der Waals surface area contributed by atoms with Crippen LogP contribution in [0.4, 0.5) is 0 Å². The molecular weight excluding hydrogens is 326 g/mol. The first kappa shape index (κ1) is 19.3. The maximum absolute atomic E-state index is 12.2. The monoisotopic (exact) mass is 359 g/mol. The van der Waals surface area contributed by atoms with Gasteiger partial charge >= 0.3 is 0 Å². The Morgan fingerprint density at radius 2 is 1.88 bits per heavy atom. The van der Waals surface area contributed by atoms with Crippen molar-refractivity contribution in [3.05, 3.63) is 35.9 Å². The lowest BCUT2D eigenvalue weighted by atomic mass is 9.93. The van der Waals surface area contributed by atoms with Crippen molar-refractivity contribution in [1.82, 2.24) is 15.1 Å². The van der Waals surface area contributed by atoms with Crippen molar-refractivity contribution in [3.63, 3.8) is 0 Å². The molecule has 144 valence electrons. The van der Waals surface area contributed by atoms with Gasteiger partial charge in [-0.2, -0.15) is 0 Å². The van der Waals surface area contributed by atoms with Crippen LogP contribution >= 0.6 is 0 Å². The van der Waals surface area contributed by atoms with Gasteiger partial charge in [-0.25, -0.2) is 0 Å². The van der Waals surface area contributed by atoms with E-state index in [2.05, 4.69) is 45.4 Å². The molecule has 26 heavy (non-hydrogen) atoms. The number of hydrogen-bond acceptors (Lipinski definition) is 4. The molecule has 3 rings (SSSR count). The zero-order valence-corrected chi connectivity index (χ0v) is 15.8. The van der Waals surface area contributed by atoms with Crippen LogP contribution in [0.5, 0.6) is 0 Å². The van der Waals surface area contributed by atoms with Crippen LogP contribution in [0.1, 0.15) is 31.2 Å². The molecule has 2 heterocycles. The molecule has 1 aromatic carbocycles. The lowest BCUT2D eigenvalue weighted by Crippen LogP contribution is -2.51. The first-order valence-electron chi connectivity index (χ1n) is 10.1. The highest BCUT2D eigenvalue weighted by Gasteiger charge is 2.31. The lowest BCUT2D eigenvalue weighted by Gasteiger charge is -2.42. The lowest BCUT2D eigenvalue weighted by molar-refractivity contribution is -0.127. The number of benzene rings is 1. The van der Waals surface area contributed by atoms with Crippen molar-refractivity contribution in [2.24, 2.45) is 5.92 Å². The van der Waals surface area contributed by atoms with Gasteiger partial charge in [0.05, 0.1) is 12.5 Å². The molecule has 0 spiro atoms. The normalized spacial score (nSPS) is 23.0. The summed E-state index contributed by atoms with van der Waals surface area (Å²) in [7, 11) is 0. The molecule has 2 aliphatic heterocycles. The van der Waals surface area contributed by atoms with Gasteiger partial charge in [-0.3, -0.25) is 9.69 Å². The minimum absolute atomic E-state index is 0.0175. The molecule has 1 amide bonds. The number of nitrogens with one attached hydrogen (secondary N) is 1. The summed E-state index contributed by atoms with van der Waals surface area (Å²) in [5.74, 6) is 0.204. The van der Waals surface area contributed by atoms with Gasteiger partial charge < -0.3 is 15.3 Å². The van der Waals surface area contributed by atoms with E-state index in [1.807, 2.05) is 0 Å². The molecule has 5 nitrogen and oxygen atoms in total. The maximum Gasteiger partial charge on any atom is 0.224 e. The smallest absolute Gasteiger partial charge is 0.224 e. The summed E-state index contributed by atoms with van der Waals surface area (Å²) in [5.41, 5.74) is 1.42. The van der Waals surface area contributed by atoms with Crippen LogP contribution in [-0.4, -0.2) is 72.7 Å². The van der Waals surface area contributed by atoms with Gasteiger partial charge in [0.15, 0.2) is 0 Å². The number of aliphatic hydroxyl groups excluding tert-OH is 1. The van der Waals surface area contributed by atoms with Crippen LogP contribution in [0.15, 0.2) is 30.3 Å². The van der Waals surface area contributed by atoms with Gasteiger partial charge in [-0.05, 0) is 57.3 Å². The van der Waals surface area contributed by atoms with Gasteiger partial charge in [0.25, 0.3) is 0 Å². The first-order valence-corrected chi connectivity index (χ1v) is 10.1. The number of amides is 1. The minimum atomic E-state index is 0.0175. The summed E-state index contributed by atoms with van der Waals surface area (Å²) in [4.78, 5) is 17.3. The Morgan fingerprint density at radius 1 is 1.12 bits per heavy atom. The molecule has 2 fully saturated rings. The quantitative estimate of drug-likeness (QED) is 0.775. The standard InChI is InChI=1S/C21H33N3O2/c25-16-11-22-21(26)19-7-4-12-24(17-19)20-9-14-23(15-10-20)13-8-18-5-2-1-3-6-18/h1-3,5-6,19-20,25H,4,7-17H2,(H,22,26)/t19-/m1/s1. The van der Waals surface area contributed by atoms with E-state index >= 15 is 0 Å². The van der Waals surface area contributed by atoms with Crippen molar-refractivity contribution in [2.75, 3.05) is 45.9 Å². The predicted molar refractivity (Wildman–Crippen MR) is 104 cm³/mol. The van der Waals surface area contributed by atoms with E-state index in [9.17, 15) is 4.79 Å². The molecule has 2 aliphatic rings. The molecule has 0 radical (unpaired) electrons. The predicted octanol–water partition coefficient (Wildman–Crippen LogP) is 1.51. The number of rotatable bonds is 7. The van der Waals surface area contributed by atoms with Crippen LogP contribution in [0, 0.1) is 5.92 Å². The second-order valence-electron chi connectivity index (χ2n) is 7.66. The molecule has 2 saturated heterocycles. The van der Waals surface area contributed by atoms with Gasteiger partial charge in [-0.1, -0.05) is 30.3 Å². The second kappa shape index (κ2) is 10.0. The van der Waals surface area contributed by atoms with Crippen molar-refractivity contribution < 1.29 is 9.90 Å². The van der Waals surface area contributed by atoms with Crippen LogP contribution in [0.25, 0.3) is 0 Å². The number of carbonyl (C=O) groups is 1. The zero-order chi connectivity index (χ0) is 18.2. The third-order valence-electron chi connectivity index (χ3n) is 5.87. The molecule has 0 aliphatic carbocycles. The van der Waals surface area contributed by atoms with E-state index in [0.29, 0.717) is 12.6 Å². The molecule has 0 unspecified atom stereocenters. The van der Waals surface area contributed by atoms with E-state index in [1.165, 1.54) is 18.4 Å². The number of nitrogens with zero attached hydrogens (tertiary/aromatic N) is 2. The maximum atomic E-state index is 12.2. The van der Waals surface area contributed by atoms with E-state index in [-0.39, 0.29) is 18.4 Å².